The zero-order valence-corrected chi connectivity index (χ0v) is 12.0. The Balaban J connectivity index is 2.16. The second-order valence-electron chi connectivity index (χ2n) is 4.82. The SMILES string of the molecule is COc1ccccc1N(C)CC(N)c1ccc(F)cc1F. The van der Waals surface area contributed by atoms with Gasteiger partial charge >= 0.3 is 0 Å². The third-order valence-corrected chi connectivity index (χ3v) is 3.33. The van der Waals surface area contributed by atoms with Crippen LogP contribution in [0.3, 0.4) is 0 Å². The van der Waals surface area contributed by atoms with Crippen molar-refractivity contribution >= 4 is 5.69 Å². The van der Waals surface area contributed by atoms with Crippen LogP contribution in [-0.4, -0.2) is 20.7 Å². The fraction of sp³-hybridized carbons (Fsp3) is 0.250. The molecule has 0 radical (unpaired) electrons. The largest absolute Gasteiger partial charge is 0.495 e. The molecule has 1 unspecified atom stereocenters. The molecule has 0 aliphatic rings. The molecule has 0 aliphatic heterocycles. The molecule has 0 saturated heterocycles. The molecule has 0 fully saturated rings. The Hall–Kier alpha value is -2.14. The first-order valence-electron chi connectivity index (χ1n) is 6.57. The molecule has 2 N–H and O–H groups in total. The molecule has 2 aromatic rings. The van der Waals surface area contributed by atoms with E-state index in [1.54, 1.807) is 7.11 Å². The standard InChI is InChI=1S/C16H18F2N2O/c1-20(15-5-3-4-6-16(15)21-2)10-14(19)12-8-7-11(17)9-13(12)18/h3-9,14H,10,19H2,1-2H3. The lowest BCUT2D eigenvalue weighted by Crippen LogP contribution is -2.29. The highest BCUT2D eigenvalue weighted by Crippen LogP contribution is 2.28. The highest BCUT2D eigenvalue weighted by Gasteiger charge is 2.16. The van der Waals surface area contributed by atoms with Gasteiger partial charge in [-0.2, -0.15) is 0 Å². The van der Waals surface area contributed by atoms with Gasteiger partial charge in [-0.1, -0.05) is 18.2 Å². The summed E-state index contributed by atoms with van der Waals surface area (Å²) in [6.45, 7) is 0.378. The van der Waals surface area contributed by atoms with Gasteiger partial charge < -0.3 is 15.4 Å². The first-order valence-corrected chi connectivity index (χ1v) is 6.57. The molecule has 5 heteroatoms. The molecule has 0 heterocycles. The maximum absolute atomic E-state index is 13.7. The van der Waals surface area contributed by atoms with E-state index in [1.807, 2.05) is 36.2 Å². The van der Waals surface area contributed by atoms with Gasteiger partial charge in [-0.3, -0.25) is 0 Å². The van der Waals surface area contributed by atoms with Gasteiger partial charge in [-0.25, -0.2) is 8.78 Å². The quantitative estimate of drug-likeness (QED) is 0.920. The Morgan fingerprint density at radius 1 is 1.19 bits per heavy atom. The predicted octanol–water partition coefficient (Wildman–Crippen LogP) is 3.11. The highest BCUT2D eigenvalue weighted by atomic mass is 19.1. The molecule has 112 valence electrons. The molecule has 0 spiro atoms. The number of anilines is 1. The maximum atomic E-state index is 13.7. The smallest absolute Gasteiger partial charge is 0.142 e. The lowest BCUT2D eigenvalue weighted by Gasteiger charge is -2.25. The fourth-order valence-corrected chi connectivity index (χ4v) is 2.24. The van der Waals surface area contributed by atoms with Gasteiger partial charge in [0.05, 0.1) is 18.8 Å². The van der Waals surface area contributed by atoms with Crippen LogP contribution in [0.2, 0.25) is 0 Å². The maximum Gasteiger partial charge on any atom is 0.142 e. The van der Waals surface area contributed by atoms with E-state index in [0.717, 1.165) is 11.8 Å². The summed E-state index contributed by atoms with van der Waals surface area (Å²) in [5.41, 5.74) is 7.18. The van der Waals surface area contributed by atoms with E-state index >= 15 is 0 Å². The summed E-state index contributed by atoms with van der Waals surface area (Å²) in [7, 11) is 3.44. The van der Waals surface area contributed by atoms with Crippen molar-refractivity contribution in [3.8, 4) is 5.75 Å². The number of para-hydroxylation sites is 2. The summed E-state index contributed by atoms with van der Waals surface area (Å²) in [5.74, 6) is -0.524. The molecule has 2 rings (SSSR count). The van der Waals surface area contributed by atoms with Crippen LogP contribution in [0.25, 0.3) is 0 Å². The first kappa shape index (κ1) is 15.3. The van der Waals surface area contributed by atoms with Crippen molar-refractivity contribution in [2.24, 2.45) is 5.73 Å². The summed E-state index contributed by atoms with van der Waals surface area (Å²) in [4.78, 5) is 1.88. The first-order chi connectivity index (χ1) is 10.0. The van der Waals surface area contributed by atoms with Crippen LogP contribution in [0.15, 0.2) is 42.5 Å². The Morgan fingerprint density at radius 3 is 2.57 bits per heavy atom. The third-order valence-electron chi connectivity index (χ3n) is 3.33. The van der Waals surface area contributed by atoms with Gasteiger partial charge in [-0.15, -0.1) is 0 Å². The van der Waals surface area contributed by atoms with Crippen molar-refractivity contribution in [1.29, 1.82) is 0 Å². The number of halogens is 2. The van der Waals surface area contributed by atoms with Crippen molar-refractivity contribution in [2.75, 3.05) is 25.6 Å². The Kier molecular flexibility index (Phi) is 4.75. The normalized spacial score (nSPS) is 12.0. The number of hydrogen-bond acceptors (Lipinski definition) is 3. The van der Waals surface area contributed by atoms with Crippen molar-refractivity contribution in [3.63, 3.8) is 0 Å². The van der Waals surface area contributed by atoms with Gasteiger partial charge in [-0.05, 0) is 18.2 Å². The molecule has 0 aliphatic carbocycles. The second-order valence-corrected chi connectivity index (χ2v) is 4.82. The van der Waals surface area contributed by atoms with Crippen molar-refractivity contribution in [3.05, 3.63) is 59.7 Å². The predicted molar refractivity (Wildman–Crippen MR) is 79.6 cm³/mol. The average molecular weight is 292 g/mol. The molecule has 1 atom stereocenters. The molecule has 0 amide bonds. The van der Waals surface area contributed by atoms with E-state index in [4.69, 9.17) is 10.5 Å². The Morgan fingerprint density at radius 2 is 1.90 bits per heavy atom. The van der Waals surface area contributed by atoms with Crippen LogP contribution >= 0.6 is 0 Å². The molecular weight excluding hydrogens is 274 g/mol. The summed E-state index contributed by atoms with van der Waals surface area (Å²) in [6.07, 6.45) is 0. The van der Waals surface area contributed by atoms with Crippen LogP contribution in [0.5, 0.6) is 5.75 Å². The van der Waals surface area contributed by atoms with Gasteiger partial charge in [0.1, 0.15) is 17.4 Å². The van der Waals surface area contributed by atoms with Crippen LogP contribution in [-0.2, 0) is 0 Å². The minimum absolute atomic E-state index is 0.290. The van der Waals surface area contributed by atoms with E-state index in [1.165, 1.54) is 12.1 Å². The van der Waals surface area contributed by atoms with E-state index in [-0.39, 0.29) is 5.56 Å². The third kappa shape index (κ3) is 3.49. The number of nitrogens with two attached hydrogens (primary N) is 1. The molecule has 21 heavy (non-hydrogen) atoms. The van der Waals surface area contributed by atoms with Crippen LogP contribution in [0.1, 0.15) is 11.6 Å². The summed E-state index contributed by atoms with van der Waals surface area (Å²) < 4.78 is 32.0. The molecule has 0 aromatic heterocycles. The zero-order valence-electron chi connectivity index (χ0n) is 12.0. The van der Waals surface area contributed by atoms with E-state index in [9.17, 15) is 8.78 Å². The Labute approximate surface area is 122 Å². The van der Waals surface area contributed by atoms with Crippen LogP contribution < -0.4 is 15.4 Å². The molecule has 0 saturated carbocycles. The minimum Gasteiger partial charge on any atom is -0.495 e. The van der Waals surface area contributed by atoms with Crippen molar-refractivity contribution < 1.29 is 13.5 Å². The zero-order chi connectivity index (χ0) is 15.4. The second kappa shape index (κ2) is 6.54. The number of hydrogen-bond donors (Lipinski definition) is 1. The topological polar surface area (TPSA) is 38.5 Å². The number of methoxy groups -OCH3 is 1. The summed E-state index contributed by atoms with van der Waals surface area (Å²) >= 11 is 0. The Bertz CT molecular complexity index is 619. The summed E-state index contributed by atoms with van der Waals surface area (Å²) in [5, 5.41) is 0. The molecule has 0 bridgehead atoms. The molecule has 3 nitrogen and oxygen atoms in total. The van der Waals surface area contributed by atoms with Gasteiger partial charge in [0.2, 0.25) is 0 Å². The van der Waals surface area contributed by atoms with Crippen molar-refractivity contribution in [2.45, 2.75) is 6.04 Å². The van der Waals surface area contributed by atoms with Gasteiger partial charge in [0.15, 0.2) is 0 Å². The lowest BCUT2D eigenvalue weighted by molar-refractivity contribution is 0.414. The van der Waals surface area contributed by atoms with E-state index in [0.29, 0.717) is 12.3 Å². The van der Waals surface area contributed by atoms with Crippen LogP contribution in [0.4, 0.5) is 14.5 Å². The van der Waals surface area contributed by atoms with E-state index in [2.05, 4.69) is 0 Å². The van der Waals surface area contributed by atoms with Gasteiger partial charge in [0, 0.05) is 25.2 Å². The monoisotopic (exact) mass is 292 g/mol. The number of benzene rings is 2. The number of likely N-dealkylation sites (N-methyl/N-ethyl adjacent to an activating group) is 1. The minimum atomic E-state index is -0.629. The number of nitrogens with zero attached hydrogens (tertiary/aromatic N) is 1. The molecular formula is C16H18F2N2O. The summed E-state index contributed by atoms with van der Waals surface area (Å²) in [6, 6.07) is 10.4. The van der Waals surface area contributed by atoms with Crippen LogP contribution in [0, 0.1) is 11.6 Å². The lowest BCUT2D eigenvalue weighted by atomic mass is 10.1. The number of ether oxygens (including phenoxy) is 1. The number of rotatable bonds is 5. The van der Waals surface area contributed by atoms with Gasteiger partial charge in [0.25, 0.3) is 0 Å². The average Bonchev–Trinajstić information content (AvgIpc) is 2.46. The van der Waals surface area contributed by atoms with E-state index < -0.39 is 17.7 Å². The molecule has 2 aromatic carbocycles. The van der Waals surface area contributed by atoms with Crippen molar-refractivity contribution in [1.82, 2.24) is 0 Å². The highest BCUT2D eigenvalue weighted by molar-refractivity contribution is 5.58. The fourth-order valence-electron chi connectivity index (χ4n) is 2.24.